The van der Waals surface area contributed by atoms with Gasteiger partial charge >= 0.3 is 0 Å². The van der Waals surface area contributed by atoms with Crippen molar-refractivity contribution in [2.75, 3.05) is 0 Å². The van der Waals surface area contributed by atoms with Crippen LogP contribution in [0.2, 0.25) is 0 Å². The number of aryl methyl sites for hydroxylation is 3. The number of nitrogens with zero attached hydrogens (tertiary/aromatic N) is 2. The first-order chi connectivity index (χ1) is 12.4. The van der Waals surface area contributed by atoms with Gasteiger partial charge in [0, 0.05) is 18.0 Å². The summed E-state index contributed by atoms with van der Waals surface area (Å²) < 4.78 is 1.10. The highest BCUT2D eigenvalue weighted by molar-refractivity contribution is 6.06. The molecule has 0 radical (unpaired) electrons. The van der Waals surface area contributed by atoms with Gasteiger partial charge in [-0.15, -0.1) is 0 Å². The smallest absolute Gasteiger partial charge is 0.267 e. The van der Waals surface area contributed by atoms with E-state index < -0.39 is 11.8 Å². The first-order valence-corrected chi connectivity index (χ1v) is 8.02. The number of hydrazine groups is 1. The molecule has 0 fully saturated rings. The quantitative estimate of drug-likeness (QED) is 0.687. The van der Waals surface area contributed by atoms with Crippen LogP contribution in [0.15, 0.2) is 47.3 Å². The van der Waals surface area contributed by atoms with Gasteiger partial charge in [-0.3, -0.25) is 25.2 Å². The van der Waals surface area contributed by atoms with Crippen LogP contribution in [0.1, 0.15) is 32.0 Å². The number of hydrogen-bond donors (Lipinski definition) is 2. The topological polar surface area (TPSA) is 93.1 Å². The van der Waals surface area contributed by atoms with Crippen LogP contribution < -0.4 is 16.4 Å². The van der Waals surface area contributed by atoms with E-state index in [1.807, 2.05) is 19.9 Å². The molecular formula is C19H18N4O3. The van der Waals surface area contributed by atoms with Crippen molar-refractivity contribution in [1.29, 1.82) is 0 Å². The second kappa shape index (κ2) is 6.79. The molecule has 0 spiro atoms. The fraction of sp³-hybridized carbons (Fsp3) is 0.158. The zero-order valence-corrected chi connectivity index (χ0v) is 14.7. The number of rotatable bonds is 2. The van der Waals surface area contributed by atoms with E-state index in [1.54, 1.807) is 36.4 Å². The third-order valence-corrected chi connectivity index (χ3v) is 3.95. The summed E-state index contributed by atoms with van der Waals surface area (Å²) in [6.45, 7) is 3.78. The van der Waals surface area contributed by atoms with Crippen LogP contribution in [0.3, 0.4) is 0 Å². The maximum Gasteiger partial charge on any atom is 0.290 e. The molecule has 0 saturated heterocycles. The monoisotopic (exact) mass is 350 g/mol. The standard InChI is InChI=1S/C19H18N4O3/c1-11-8-12(2)10-13(9-11)17(24)20-21-18(25)16-14-6-4-5-7-15(14)19(26)23(3)22-16/h4-10H,1-3H3,(H,20,24)(H,21,25). The van der Waals surface area contributed by atoms with E-state index in [2.05, 4.69) is 16.0 Å². The average molecular weight is 350 g/mol. The fourth-order valence-corrected chi connectivity index (χ4v) is 2.82. The Morgan fingerprint density at radius 1 is 0.923 bits per heavy atom. The lowest BCUT2D eigenvalue weighted by molar-refractivity contribution is 0.0843. The number of amides is 2. The molecule has 0 aliphatic carbocycles. The maximum atomic E-state index is 12.5. The molecule has 0 bridgehead atoms. The molecule has 132 valence electrons. The lowest BCUT2D eigenvalue weighted by Crippen LogP contribution is -2.42. The largest absolute Gasteiger partial charge is 0.290 e. The number of nitrogens with one attached hydrogen (secondary N) is 2. The van der Waals surface area contributed by atoms with Crippen molar-refractivity contribution in [2.45, 2.75) is 13.8 Å². The molecule has 2 aromatic carbocycles. The molecule has 1 aromatic heterocycles. The van der Waals surface area contributed by atoms with Crippen LogP contribution in [-0.2, 0) is 7.05 Å². The van der Waals surface area contributed by atoms with Crippen molar-refractivity contribution >= 4 is 22.6 Å². The Morgan fingerprint density at radius 3 is 2.15 bits per heavy atom. The van der Waals surface area contributed by atoms with Gasteiger partial charge in [0.15, 0.2) is 5.69 Å². The summed E-state index contributed by atoms with van der Waals surface area (Å²) in [5.74, 6) is -1.03. The predicted octanol–water partition coefficient (Wildman–Crippen LogP) is 1.63. The summed E-state index contributed by atoms with van der Waals surface area (Å²) in [5.41, 5.74) is 6.85. The fourth-order valence-electron chi connectivity index (χ4n) is 2.82. The zero-order valence-electron chi connectivity index (χ0n) is 14.7. The summed E-state index contributed by atoms with van der Waals surface area (Å²) in [4.78, 5) is 36.9. The van der Waals surface area contributed by atoms with Crippen molar-refractivity contribution < 1.29 is 9.59 Å². The molecule has 26 heavy (non-hydrogen) atoms. The summed E-state index contributed by atoms with van der Waals surface area (Å²) in [6, 6.07) is 12.1. The van der Waals surface area contributed by atoms with Gasteiger partial charge in [0.1, 0.15) is 0 Å². The lowest BCUT2D eigenvalue weighted by atomic mass is 10.1. The van der Waals surface area contributed by atoms with Crippen LogP contribution >= 0.6 is 0 Å². The van der Waals surface area contributed by atoms with Gasteiger partial charge in [0.2, 0.25) is 0 Å². The minimum atomic E-state index is -0.602. The molecular weight excluding hydrogens is 332 g/mol. The Balaban J connectivity index is 1.85. The summed E-state index contributed by atoms with van der Waals surface area (Å²) in [7, 11) is 1.47. The second-order valence-corrected chi connectivity index (χ2v) is 6.11. The first kappa shape index (κ1) is 17.3. The Kier molecular flexibility index (Phi) is 4.53. The van der Waals surface area contributed by atoms with Crippen LogP contribution in [0, 0.1) is 13.8 Å². The van der Waals surface area contributed by atoms with Gasteiger partial charge in [-0.25, -0.2) is 4.68 Å². The zero-order chi connectivity index (χ0) is 18.8. The maximum absolute atomic E-state index is 12.5. The van der Waals surface area contributed by atoms with Crippen LogP contribution in [-0.4, -0.2) is 21.6 Å². The normalized spacial score (nSPS) is 10.6. The highest BCUT2D eigenvalue weighted by Crippen LogP contribution is 2.13. The molecule has 2 amide bonds. The third kappa shape index (κ3) is 3.32. The molecule has 0 saturated carbocycles. The number of fused-ring (bicyclic) bond motifs is 1. The summed E-state index contributed by atoms with van der Waals surface area (Å²) >= 11 is 0. The van der Waals surface area contributed by atoms with Crippen molar-refractivity contribution in [2.24, 2.45) is 7.05 Å². The minimum absolute atomic E-state index is 0.0587. The third-order valence-electron chi connectivity index (χ3n) is 3.95. The van der Waals surface area contributed by atoms with E-state index in [9.17, 15) is 14.4 Å². The molecule has 0 aliphatic heterocycles. The van der Waals surface area contributed by atoms with E-state index in [-0.39, 0.29) is 11.3 Å². The Bertz CT molecular complexity index is 1070. The summed E-state index contributed by atoms with van der Waals surface area (Å²) in [5, 5.41) is 4.83. The van der Waals surface area contributed by atoms with Gasteiger partial charge in [0.05, 0.1) is 5.39 Å². The SMILES string of the molecule is Cc1cc(C)cc(C(=O)NNC(=O)c2nn(C)c(=O)c3ccccc23)c1. The number of aromatic nitrogens is 2. The first-order valence-electron chi connectivity index (χ1n) is 8.02. The predicted molar refractivity (Wildman–Crippen MR) is 97.8 cm³/mol. The molecule has 0 unspecified atom stereocenters. The molecule has 0 aliphatic rings. The molecule has 2 N–H and O–H groups in total. The van der Waals surface area contributed by atoms with E-state index in [0.717, 1.165) is 15.8 Å². The van der Waals surface area contributed by atoms with Gasteiger partial charge in [-0.1, -0.05) is 35.4 Å². The van der Waals surface area contributed by atoms with Crippen molar-refractivity contribution in [3.05, 3.63) is 75.2 Å². The number of benzene rings is 2. The number of carbonyl (C=O) groups excluding carboxylic acids is 2. The second-order valence-electron chi connectivity index (χ2n) is 6.11. The van der Waals surface area contributed by atoms with Gasteiger partial charge in [-0.2, -0.15) is 5.10 Å². The highest BCUT2D eigenvalue weighted by atomic mass is 16.2. The molecule has 7 nitrogen and oxygen atoms in total. The lowest BCUT2D eigenvalue weighted by Gasteiger charge is -2.10. The average Bonchev–Trinajstić information content (AvgIpc) is 2.61. The van der Waals surface area contributed by atoms with Crippen LogP contribution in [0.4, 0.5) is 0 Å². The molecule has 3 rings (SSSR count). The van der Waals surface area contributed by atoms with Crippen molar-refractivity contribution in [3.63, 3.8) is 0 Å². The Hall–Kier alpha value is -3.48. The molecule has 7 heteroatoms. The van der Waals surface area contributed by atoms with Gasteiger partial charge in [-0.05, 0) is 32.0 Å². The molecule has 1 heterocycles. The number of hydrogen-bond acceptors (Lipinski definition) is 4. The van der Waals surface area contributed by atoms with Crippen LogP contribution in [0.25, 0.3) is 10.8 Å². The number of carbonyl (C=O) groups is 2. The van der Waals surface area contributed by atoms with Gasteiger partial charge in [0.25, 0.3) is 17.4 Å². The summed E-state index contributed by atoms with van der Waals surface area (Å²) in [6.07, 6.45) is 0. The van der Waals surface area contributed by atoms with Crippen molar-refractivity contribution in [3.8, 4) is 0 Å². The highest BCUT2D eigenvalue weighted by Gasteiger charge is 2.16. The minimum Gasteiger partial charge on any atom is -0.267 e. The van der Waals surface area contributed by atoms with E-state index in [1.165, 1.54) is 7.05 Å². The van der Waals surface area contributed by atoms with E-state index in [0.29, 0.717) is 16.3 Å². The van der Waals surface area contributed by atoms with Crippen molar-refractivity contribution in [1.82, 2.24) is 20.6 Å². The van der Waals surface area contributed by atoms with Crippen LogP contribution in [0.5, 0.6) is 0 Å². The van der Waals surface area contributed by atoms with Gasteiger partial charge < -0.3 is 0 Å². The van der Waals surface area contributed by atoms with E-state index in [4.69, 9.17) is 0 Å². The Labute approximate surface area is 149 Å². The molecule has 3 aromatic rings. The van der Waals surface area contributed by atoms with E-state index >= 15 is 0 Å². The molecule has 0 atom stereocenters. The Morgan fingerprint density at radius 2 is 1.50 bits per heavy atom.